The van der Waals surface area contributed by atoms with Gasteiger partial charge in [0.25, 0.3) is 0 Å². The van der Waals surface area contributed by atoms with E-state index in [0.717, 1.165) is 5.56 Å². The second kappa shape index (κ2) is 5.98. The lowest BCUT2D eigenvalue weighted by atomic mass is 10.2. The Balaban J connectivity index is 2.48. The summed E-state index contributed by atoms with van der Waals surface area (Å²) >= 11 is 0. The monoisotopic (exact) mass is 205 g/mol. The molecule has 0 aliphatic carbocycles. The number of carbonyl (C=O) groups is 1. The van der Waals surface area contributed by atoms with Gasteiger partial charge >= 0.3 is 0 Å². The van der Waals surface area contributed by atoms with E-state index in [1.54, 1.807) is 13.0 Å². The highest BCUT2D eigenvalue weighted by Crippen LogP contribution is 2.00. The van der Waals surface area contributed by atoms with Crippen LogP contribution < -0.4 is 5.32 Å². The third-order valence-electron chi connectivity index (χ3n) is 1.89. The van der Waals surface area contributed by atoms with E-state index in [0.29, 0.717) is 0 Å². The Kier molecular flexibility index (Phi) is 4.57. The fraction of sp³-hybridized carbons (Fsp3) is 0.250. The second-order valence-electron chi connectivity index (χ2n) is 3.34. The highest BCUT2D eigenvalue weighted by Gasteiger charge is 2.01. The van der Waals surface area contributed by atoms with Gasteiger partial charge in [-0.15, -0.1) is 0 Å². The van der Waals surface area contributed by atoms with Gasteiger partial charge in [0.15, 0.2) is 0 Å². The van der Waals surface area contributed by atoms with Crippen molar-refractivity contribution in [2.75, 3.05) is 6.61 Å². The molecule has 0 bridgehead atoms. The molecule has 2 N–H and O–H groups in total. The maximum Gasteiger partial charge on any atom is 0.244 e. The maximum atomic E-state index is 11.3. The smallest absolute Gasteiger partial charge is 0.244 e. The minimum atomic E-state index is -0.210. The van der Waals surface area contributed by atoms with E-state index in [9.17, 15) is 4.79 Å². The number of amides is 1. The molecule has 0 aliphatic rings. The largest absolute Gasteiger partial charge is 0.394 e. The van der Waals surface area contributed by atoms with Crippen molar-refractivity contribution in [3.63, 3.8) is 0 Å². The summed E-state index contributed by atoms with van der Waals surface area (Å²) in [4.78, 5) is 11.3. The molecule has 0 heterocycles. The van der Waals surface area contributed by atoms with Gasteiger partial charge in [-0.3, -0.25) is 4.79 Å². The molecule has 1 atom stereocenters. The first-order valence-corrected chi connectivity index (χ1v) is 4.87. The lowest BCUT2D eigenvalue weighted by Crippen LogP contribution is -2.33. The molecule has 0 aliphatic heterocycles. The zero-order valence-electron chi connectivity index (χ0n) is 8.68. The molecule has 0 spiro atoms. The number of rotatable bonds is 4. The molecule has 1 aromatic rings. The molecule has 3 heteroatoms. The van der Waals surface area contributed by atoms with Gasteiger partial charge in [-0.05, 0) is 18.6 Å². The van der Waals surface area contributed by atoms with Crippen molar-refractivity contribution in [3.05, 3.63) is 42.0 Å². The maximum absolute atomic E-state index is 11.3. The summed E-state index contributed by atoms with van der Waals surface area (Å²) < 4.78 is 0. The first kappa shape index (κ1) is 11.5. The predicted molar refractivity (Wildman–Crippen MR) is 60.2 cm³/mol. The van der Waals surface area contributed by atoms with Gasteiger partial charge in [0.1, 0.15) is 0 Å². The third kappa shape index (κ3) is 4.42. The van der Waals surface area contributed by atoms with E-state index < -0.39 is 0 Å². The summed E-state index contributed by atoms with van der Waals surface area (Å²) in [6.45, 7) is 1.69. The average Bonchev–Trinajstić information content (AvgIpc) is 2.27. The van der Waals surface area contributed by atoms with Crippen molar-refractivity contribution < 1.29 is 9.90 Å². The van der Waals surface area contributed by atoms with Gasteiger partial charge in [-0.25, -0.2) is 0 Å². The van der Waals surface area contributed by atoms with Crippen molar-refractivity contribution in [1.82, 2.24) is 5.32 Å². The van der Waals surface area contributed by atoms with Crippen molar-refractivity contribution >= 4 is 12.0 Å². The fourth-order valence-electron chi connectivity index (χ4n) is 1.07. The van der Waals surface area contributed by atoms with Gasteiger partial charge < -0.3 is 10.4 Å². The molecule has 0 radical (unpaired) electrons. The van der Waals surface area contributed by atoms with Crippen molar-refractivity contribution in [2.45, 2.75) is 13.0 Å². The lowest BCUT2D eigenvalue weighted by Gasteiger charge is -2.07. The van der Waals surface area contributed by atoms with Crippen LogP contribution in [0.4, 0.5) is 0 Å². The van der Waals surface area contributed by atoms with Crippen LogP contribution in [0.2, 0.25) is 0 Å². The molecule has 0 saturated heterocycles. The zero-order valence-corrected chi connectivity index (χ0v) is 8.68. The van der Waals surface area contributed by atoms with Crippen LogP contribution in [-0.4, -0.2) is 23.7 Å². The molecule has 15 heavy (non-hydrogen) atoms. The fourth-order valence-corrected chi connectivity index (χ4v) is 1.07. The van der Waals surface area contributed by atoms with Crippen LogP contribution >= 0.6 is 0 Å². The van der Waals surface area contributed by atoms with Gasteiger partial charge in [0.05, 0.1) is 6.61 Å². The minimum Gasteiger partial charge on any atom is -0.394 e. The summed E-state index contributed by atoms with van der Waals surface area (Å²) in [7, 11) is 0. The van der Waals surface area contributed by atoms with Crippen LogP contribution in [-0.2, 0) is 4.79 Å². The SMILES string of the molecule is CC(CO)NC(=O)/C=C/c1ccccc1. The number of hydrogen-bond donors (Lipinski definition) is 2. The van der Waals surface area contributed by atoms with Crippen molar-refractivity contribution in [2.24, 2.45) is 0 Å². The molecule has 0 fully saturated rings. The molecular formula is C12H15NO2. The highest BCUT2D eigenvalue weighted by molar-refractivity contribution is 5.91. The molecule has 1 unspecified atom stereocenters. The minimum absolute atomic E-state index is 0.0507. The van der Waals surface area contributed by atoms with Crippen LogP contribution in [0.25, 0.3) is 6.08 Å². The topological polar surface area (TPSA) is 49.3 Å². The Bertz CT molecular complexity index is 333. The third-order valence-corrected chi connectivity index (χ3v) is 1.89. The number of aliphatic hydroxyl groups is 1. The summed E-state index contributed by atoms with van der Waals surface area (Å²) in [6.07, 6.45) is 3.20. The van der Waals surface area contributed by atoms with Gasteiger partial charge in [0, 0.05) is 12.1 Å². The number of nitrogens with one attached hydrogen (secondary N) is 1. The lowest BCUT2D eigenvalue weighted by molar-refractivity contribution is -0.117. The molecule has 3 nitrogen and oxygen atoms in total. The van der Waals surface area contributed by atoms with Gasteiger partial charge in [0.2, 0.25) is 5.91 Å². The molecule has 0 saturated carbocycles. The van der Waals surface area contributed by atoms with Crippen LogP contribution in [0, 0.1) is 0 Å². The first-order chi connectivity index (χ1) is 7.22. The molecular weight excluding hydrogens is 190 g/mol. The molecule has 80 valence electrons. The highest BCUT2D eigenvalue weighted by atomic mass is 16.3. The van der Waals surface area contributed by atoms with Crippen LogP contribution in [0.5, 0.6) is 0 Å². The Morgan fingerprint density at radius 3 is 2.73 bits per heavy atom. The van der Waals surface area contributed by atoms with E-state index in [1.807, 2.05) is 30.3 Å². The molecule has 1 amide bonds. The number of carbonyl (C=O) groups excluding carboxylic acids is 1. The summed E-state index contributed by atoms with van der Waals surface area (Å²) in [5.41, 5.74) is 0.976. The number of benzene rings is 1. The average molecular weight is 205 g/mol. The van der Waals surface area contributed by atoms with E-state index in [1.165, 1.54) is 6.08 Å². The Hall–Kier alpha value is -1.61. The van der Waals surface area contributed by atoms with Gasteiger partial charge in [-0.2, -0.15) is 0 Å². The van der Waals surface area contributed by atoms with Crippen LogP contribution in [0.3, 0.4) is 0 Å². The standard InChI is InChI=1S/C12H15NO2/c1-10(9-14)13-12(15)8-7-11-5-3-2-4-6-11/h2-8,10,14H,9H2,1H3,(H,13,15)/b8-7+. The normalized spacial score (nSPS) is 12.7. The molecule has 0 aromatic heterocycles. The van der Waals surface area contributed by atoms with Crippen LogP contribution in [0.1, 0.15) is 12.5 Å². The zero-order chi connectivity index (χ0) is 11.1. The first-order valence-electron chi connectivity index (χ1n) is 4.87. The Labute approximate surface area is 89.4 Å². The van der Waals surface area contributed by atoms with E-state index >= 15 is 0 Å². The van der Waals surface area contributed by atoms with E-state index in [-0.39, 0.29) is 18.6 Å². The van der Waals surface area contributed by atoms with Crippen LogP contribution in [0.15, 0.2) is 36.4 Å². The molecule has 1 aromatic carbocycles. The summed E-state index contributed by atoms with van der Waals surface area (Å²) in [5, 5.41) is 11.4. The summed E-state index contributed by atoms with van der Waals surface area (Å²) in [6, 6.07) is 9.36. The second-order valence-corrected chi connectivity index (χ2v) is 3.34. The summed E-state index contributed by atoms with van der Waals surface area (Å²) in [5.74, 6) is -0.194. The number of aliphatic hydroxyl groups excluding tert-OH is 1. The predicted octanol–water partition coefficient (Wildman–Crippen LogP) is 1.20. The quantitative estimate of drug-likeness (QED) is 0.725. The Morgan fingerprint density at radius 1 is 1.47 bits per heavy atom. The van der Waals surface area contributed by atoms with E-state index in [2.05, 4.69) is 5.32 Å². The molecule has 1 rings (SSSR count). The Morgan fingerprint density at radius 2 is 2.13 bits per heavy atom. The van der Waals surface area contributed by atoms with Gasteiger partial charge in [-0.1, -0.05) is 30.3 Å². The van der Waals surface area contributed by atoms with Crippen molar-refractivity contribution in [1.29, 1.82) is 0 Å². The number of hydrogen-bond acceptors (Lipinski definition) is 2. The van der Waals surface area contributed by atoms with E-state index in [4.69, 9.17) is 5.11 Å². The van der Waals surface area contributed by atoms with Crippen molar-refractivity contribution in [3.8, 4) is 0 Å².